The van der Waals surface area contributed by atoms with E-state index in [1.807, 2.05) is 19.2 Å². The van der Waals surface area contributed by atoms with Crippen molar-refractivity contribution in [3.05, 3.63) is 76.1 Å². The standard InChI is InChI=1S/C23H20F3N5O/c1-30-18-7-10-27-9-6-16(18)17-3-5-20(29-22(17)30)31-11-8-14(12-21(31)32)15-2-4-19(28-13-15)23(24,25)26/h2-5,8,11-13,27H,6-7,9-10H2,1H3. The van der Waals surface area contributed by atoms with Crippen LogP contribution in [0.15, 0.2) is 53.6 Å². The number of hydrogen-bond acceptors (Lipinski definition) is 4. The maximum atomic E-state index is 12.8. The fourth-order valence-electron chi connectivity index (χ4n) is 4.27. The molecule has 0 radical (unpaired) electrons. The molecule has 4 aromatic rings. The van der Waals surface area contributed by atoms with E-state index in [0.717, 1.165) is 49.2 Å². The highest BCUT2D eigenvalue weighted by molar-refractivity contribution is 5.83. The topological polar surface area (TPSA) is 64.7 Å². The number of alkyl halides is 3. The normalized spacial score (nSPS) is 14.4. The lowest BCUT2D eigenvalue weighted by atomic mass is 10.1. The van der Waals surface area contributed by atoms with Gasteiger partial charge in [-0.2, -0.15) is 13.2 Å². The summed E-state index contributed by atoms with van der Waals surface area (Å²) >= 11 is 0. The molecule has 164 valence electrons. The molecule has 5 rings (SSSR count). The Hall–Kier alpha value is -3.46. The number of aromatic nitrogens is 4. The van der Waals surface area contributed by atoms with E-state index in [1.54, 1.807) is 12.3 Å². The van der Waals surface area contributed by atoms with Gasteiger partial charge in [0.25, 0.3) is 5.56 Å². The monoisotopic (exact) mass is 439 g/mol. The van der Waals surface area contributed by atoms with Gasteiger partial charge in [-0.3, -0.25) is 14.3 Å². The lowest BCUT2D eigenvalue weighted by molar-refractivity contribution is -0.141. The number of fused-ring (bicyclic) bond motifs is 3. The first-order valence-corrected chi connectivity index (χ1v) is 10.3. The molecular weight excluding hydrogens is 419 g/mol. The Bertz CT molecular complexity index is 1370. The number of pyridine rings is 3. The van der Waals surface area contributed by atoms with Crippen molar-refractivity contribution < 1.29 is 13.2 Å². The van der Waals surface area contributed by atoms with Crippen LogP contribution in [-0.2, 0) is 26.1 Å². The van der Waals surface area contributed by atoms with Crippen LogP contribution in [0.3, 0.4) is 0 Å². The molecular formula is C23H20F3N5O. The van der Waals surface area contributed by atoms with Crippen LogP contribution in [0.2, 0.25) is 0 Å². The molecule has 0 aliphatic carbocycles. The Balaban J connectivity index is 1.52. The summed E-state index contributed by atoms with van der Waals surface area (Å²) in [7, 11) is 1.99. The predicted octanol–water partition coefficient (Wildman–Crippen LogP) is 3.49. The minimum absolute atomic E-state index is 0.325. The third-order valence-corrected chi connectivity index (χ3v) is 5.90. The number of halogens is 3. The third-order valence-electron chi connectivity index (χ3n) is 5.90. The molecule has 1 N–H and O–H groups in total. The van der Waals surface area contributed by atoms with Crippen LogP contribution >= 0.6 is 0 Å². The minimum Gasteiger partial charge on any atom is -0.332 e. The lowest BCUT2D eigenvalue weighted by Gasteiger charge is -2.09. The summed E-state index contributed by atoms with van der Waals surface area (Å²) in [6.45, 7) is 1.84. The van der Waals surface area contributed by atoms with E-state index in [2.05, 4.69) is 14.9 Å². The van der Waals surface area contributed by atoms with Crippen LogP contribution in [0.1, 0.15) is 17.0 Å². The average molecular weight is 439 g/mol. The van der Waals surface area contributed by atoms with Gasteiger partial charge in [0.1, 0.15) is 17.2 Å². The van der Waals surface area contributed by atoms with Crippen molar-refractivity contribution >= 4 is 11.0 Å². The summed E-state index contributed by atoms with van der Waals surface area (Å²) in [6, 6.07) is 9.09. The Morgan fingerprint density at radius 2 is 1.84 bits per heavy atom. The van der Waals surface area contributed by atoms with E-state index in [4.69, 9.17) is 4.98 Å². The second-order valence-electron chi connectivity index (χ2n) is 7.83. The fraction of sp³-hybridized carbons (Fsp3) is 0.261. The molecule has 0 spiro atoms. The van der Waals surface area contributed by atoms with Crippen molar-refractivity contribution in [1.82, 2.24) is 24.4 Å². The van der Waals surface area contributed by atoms with Crippen molar-refractivity contribution in [3.63, 3.8) is 0 Å². The van der Waals surface area contributed by atoms with Gasteiger partial charge in [0.05, 0.1) is 0 Å². The Labute approximate surface area is 181 Å². The van der Waals surface area contributed by atoms with Gasteiger partial charge < -0.3 is 9.88 Å². The van der Waals surface area contributed by atoms with E-state index in [9.17, 15) is 18.0 Å². The Kier molecular flexibility index (Phi) is 4.85. The second kappa shape index (κ2) is 7.59. The van der Waals surface area contributed by atoms with Crippen LogP contribution in [0, 0.1) is 0 Å². The number of hydrogen-bond donors (Lipinski definition) is 1. The fourth-order valence-corrected chi connectivity index (χ4v) is 4.27. The van der Waals surface area contributed by atoms with Crippen molar-refractivity contribution in [3.8, 4) is 16.9 Å². The molecule has 0 atom stereocenters. The molecule has 1 aliphatic heterocycles. The van der Waals surface area contributed by atoms with Crippen LogP contribution in [0.5, 0.6) is 0 Å². The molecule has 6 nitrogen and oxygen atoms in total. The summed E-state index contributed by atoms with van der Waals surface area (Å²) in [6.07, 6.45) is 0.0639. The first kappa shape index (κ1) is 20.4. The van der Waals surface area contributed by atoms with Crippen molar-refractivity contribution in [1.29, 1.82) is 0 Å². The SMILES string of the molecule is Cn1c2c(c3ccc(-n4ccc(-c5ccc(C(F)(F)F)nc5)cc4=O)nc31)CCNCC2. The predicted molar refractivity (Wildman–Crippen MR) is 115 cm³/mol. The Morgan fingerprint density at radius 1 is 1.03 bits per heavy atom. The van der Waals surface area contributed by atoms with Crippen LogP contribution < -0.4 is 10.9 Å². The number of rotatable bonds is 2. The zero-order valence-corrected chi connectivity index (χ0v) is 17.3. The zero-order valence-electron chi connectivity index (χ0n) is 17.3. The molecule has 0 unspecified atom stereocenters. The lowest BCUT2D eigenvalue weighted by Crippen LogP contribution is -2.18. The smallest absolute Gasteiger partial charge is 0.332 e. The van der Waals surface area contributed by atoms with Gasteiger partial charge in [0, 0.05) is 55.1 Å². The van der Waals surface area contributed by atoms with Crippen molar-refractivity contribution in [2.24, 2.45) is 7.05 Å². The van der Waals surface area contributed by atoms with Crippen LogP contribution in [0.25, 0.3) is 28.0 Å². The third kappa shape index (κ3) is 3.48. The highest BCUT2D eigenvalue weighted by Crippen LogP contribution is 2.29. The zero-order chi connectivity index (χ0) is 22.5. The van der Waals surface area contributed by atoms with Gasteiger partial charge in [-0.05, 0) is 48.4 Å². The van der Waals surface area contributed by atoms with Gasteiger partial charge in [-0.25, -0.2) is 4.98 Å². The second-order valence-corrected chi connectivity index (χ2v) is 7.83. The molecule has 0 fully saturated rings. The molecule has 32 heavy (non-hydrogen) atoms. The number of nitrogens with zero attached hydrogens (tertiary/aromatic N) is 4. The van der Waals surface area contributed by atoms with Crippen molar-refractivity contribution in [2.75, 3.05) is 13.1 Å². The maximum absolute atomic E-state index is 12.8. The van der Waals surface area contributed by atoms with Gasteiger partial charge in [0.2, 0.25) is 0 Å². The van der Waals surface area contributed by atoms with E-state index in [-0.39, 0.29) is 5.56 Å². The largest absolute Gasteiger partial charge is 0.433 e. The summed E-state index contributed by atoms with van der Waals surface area (Å²) < 4.78 is 41.7. The van der Waals surface area contributed by atoms with E-state index in [0.29, 0.717) is 16.9 Å². The van der Waals surface area contributed by atoms with E-state index >= 15 is 0 Å². The molecule has 5 heterocycles. The molecule has 0 amide bonds. The summed E-state index contributed by atoms with van der Waals surface area (Å²) in [5.74, 6) is 0.494. The highest BCUT2D eigenvalue weighted by Gasteiger charge is 2.32. The highest BCUT2D eigenvalue weighted by atomic mass is 19.4. The number of nitrogens with one attached hydrogen (secondary N) is 1. The van der Waals surface area contributed by atoms with Gasteiger partial charge in [-0.15, -0.1) is 0 Å². The average Bonchev–Trinajstić information content (AvgIpc) is 2.93. The summed E-state index contributed by atoms with van der Waals surface area (Å²) in [5.41, 5.74) is 3.02. The molecule has 0 bridgehead atoms. The van der Waals surface area contributed by atoms with Crippen LogP contribution in [-0.4, -0.2) is 32.2 Å². The maximum Gasteiger partial charge on any atom is 0.433 e. The molecule has 0 saturated carbocycles. The summed E-state index contributed by atoms with van der Waals surface area (Å²) in [4.78, 5) is 21.0. The Morgan fingerprint density at radius 3 is 2.56 bits per heavy atom. The number of aryl methyl sites for hydroxylation is 1. The molecule has 0 aromatic carbocycles. The van der Waals surface area contributed by atoms with E-state index < -0.39 is 11.9 Å². The van der Waals surface area contributed by atoms with Gasteiger partial charge in [-0.1, -0.05) is 6.07 Å². The summed E-state index contributed by atoms with van der Waals surface area (Å²) in [5, 5.41) is 4.50. The van der Waals surface area contributed by atoms with Gasteiger partial charge in [0.15, 0.2) is 0 Å². The first-order chi connectivity index (χ1) is 15.3. The molecule has 4 aromatic heterocycles. The van der Waals surface area contributed by atoms with E-state index in [1.165, 1.54) is 28.0 Å². The molecule has 9 heteroatoms. The quantitative estimate of drug-likeness (QED) is 0.519. The van der Waals surface area contributed by atoms with Gasteiger partial charge >= 0.3 is 6.18 Å². The molecule has 0 saturated heterocycles. The van der Waals surface area contributed by atoms with Crippen molar-refractivity contribution in [2.45, 2.75) is 19.0 Å². The molecule has 1 aliphatic rings. The first-order valence-electron chi connectivity index (χ1n) is 10.3. The minimum atomic E-state index is -4.50. The van der Waals surface area contributed by atoms with Crippen LogP contribution in [0.4, 0.5) is 13.2 Å².